The maximum absolute atomic E-state index is 5.18. The zero-order valence-corrected chi connectivity index (χ0v) is 12.4. The molecule has 0 unspecified atom stereocenters. The Bertz CT molecular complexity index is 518. The summed E-state index contributed by atoms with van der Waals surface area (Å²) < 4.78 is 0. The van der Waals surface area contributed by atoms with Crippen molar-refractivity contribution in [1.82, 2.24) is 0 Å². The van der Waals surface area contributed by atoms with E-state index in [2.05, 4.69) is 19.7 Å². The third-order valence-corrected chi connectivity index (χ3v) is 2.29. The van der Waals surface area contributed by atoms with E-state index in [0.717, 1.165) is 5.56 Å². The van der Waals surface area contributed by atoms with Crippen molar-refractivity contribution in [3.8, 4) is 0 Å². The van der Waals surface area contributed by atoms with Crippen molar-refractivity contribution >= 4 is 12.2 Å². The summed E-state index contributed by atoms with van der Waals surface area (Å²) in [6, 6.07) is 20.0. The van der Waals surface area contributed by atoms with E-state index in [4.69, 9.17) is 5.73 Å². The lowest BCUT2D eigenvalue weighted by atomic mass is 10.2. The van der Waals surface area contributed by atoms with Crippen LogP contribution in [0.3, 0.4) is 0 Å². The normalized spacial score (nSPS) is 8.57. The van der Waals surface area contributed by atoms with Crippen molar-refractivity contribution in [3.63, 3.8) is 0 Å². The van der Waals surface area contributed by atoms with E-state index < -0.39 is 0 Å². The van der Waals surface area contributed by atoms with Crippen LogP contribution in [0.15, 0.2) is 98.8 Å². The fourth-order valence-electron chi connectivity index (χ4n) is 1.26. The molecule has 2 aromatic rings. The van der Waals surface area contributed by atoms with Crippen LogP contribution in [0.2, 0.25) is 0 Å². The van der Waals surface area contributed by atoms with Gasteiger partial charge in [0.1, 0.15) is 0 Å². The first kappa shape index (κ1) is 18.2. The maximum atomic E-state index is 5.18. The molecule has 0 aliphatic rings. The fourth-order valence-corrected chi connectivity index (χ4v) is 1.26. The smallest absolute Gasteiger partial charge is 0.00564 e. The van der Waals surface area contributed by atoms with Crippen LogP contribution in [0, 0.1) is 0 Å². The van der Waals surface area contributed by atoms with Crippen LogP contribution in [-0.4, -0.2) is 0 Å². The molecule has 0 radical (unpaired) electrons. The van der Waals surface area contributed by atoms with Gasteiger partial charge in [-0.25, -0.2) is 0 Å². The van der Waals surface area contributed by atoms with Gasteiger partial charge in [0.05, 0.1) is 0 Å². The molecular formula is C20H23N. The summed E-state index contributed by atoms with van der Waals surface area (Å²) >= 11 is 0. The van der Waals surface area contributed by atoms with Crippen LogP contribution in [0.5, 0.6) is 0 Å². The van der Waals surface area contributed by atoms with Gasteiger partial charge in [-0.15, -0.1) is 0 Å². The number of nitrogens with two attached hydrogens (primary N) is 1. The molecule has 2 N–H and O–H groups in total. The standard InChI is InChI=1S/C8H9N.C8H8.C4H6/c9-7-6-8-4-2-1-3-5-8;1-2-8-6-4-3-5-7-8;1-3-4-2/h1-7H,9H2;2-7H,1H2;3-4H,1-2H2. The van der Waals surface area contributed by atoms with Crippen LogP contribution in [0.25, 0.3) is 12.2 Å². The molecule has 21 heavy (non-hydrogen) atoms. The van der Waals surface area contributed by atoms with Crippen molar-refractivity contribution < 1.29 is 0 Å². The minimum atomic E-state index is 1.14. The average molecular weight is 277 g/mol. The summed E-state index contributed by atoms with van der Waals surface area (Å²) in [5.74, 6) is 0. The molecule has 0 heterocycles. The second-order valence-corrected chi connectivity index (χ2v) is 3.86. The summed E-state index contributed by atoms with van der Waals surface area (Å²) in [6.07, 6.45) is 8.51. The Kier molecular flexibility index (Phi) is 11.8. The number of allylic oxidation sites excluding steroid dienone is 2. The SMILES string of the molecule is C=CC=C.C=Cc1ccccc1.NC=Cc1ccccc1. The molecule has 0 amide bonds. The second kappa shape index (κ2) is 13.6. The Morgan fingerprint density at radius 3 is 1.38 bits per heavy atom. The van der Waals surface area contributed by atoms with Gasteiger partial charge in [-0.05, 0) is 23.4 Å². The number of hydrogen-bond donors (Lipinski definition) is 1. The highest BCUT2D eigenvalue weighted by atomic mass is 14.5. The number of rotatable bonds is 3. The number of benzene rings is 2. The largest absolute Gasteiger partial charge is 0.405 e. The van der Waals surface area contributed by atoms with Crippen LogP contribution in [0.1, 0.15) is 11.1 Å². The average Bonchev–Trinajstić information content (AvgIpc) is 2.58. The number of hydrogen-bond acceptors (Lipinski definition) is 1. The Hall–Kier alpha value is -2.80. The van der Waals surface area contributed by atoms with Crippen molar-refractivity contribution in [2.75, 3.05) is 0 Å². The minimum absolute atomic E-state index is 1.14. The molecular weight excluding hydrogens is 254 g/mol. The lowest BCUT2D eigenvalue weighted by Crippen LogP contribution is -1.75. The van der Waals surface area contributed by atoms with Crippen molar-refractivity contribution in [2.24, 2.45) is 5.73 Å². The first-order valence-electron chi connectivity index (χ1n) is 6.62. The molecule has 0 aliphatic heterocycles. The van der Waals surface area contributed by atoms with Gasteiger partial charge >= 0.3 is 0 Å². The van der Waals surface area contributed by atoms with Crippen molar-refractivity contribution in [3.05, 3.63) is 110 Å². The monoisotopic (exact) mass is 277 g/mol. The molecule has 0 saturated carbocycles. The van der Waals surface area contributed by atoms with Crippen LogP contribution < -0.4 is 5.73 Å². The molecule has 0 fully saturated rings. The molecule has 1 nitrogen and oxygen atoms in total. The maximum Gasteiger partial charge on any atom is -0.00564 e. The highest BCUT2D eigenvalue weighted by molar-refractivity contribution is 5.47. The fraction of sp³-hybridized carbons (Fsp3) is 0. The predicted molar refractivity (Wildman–Crippen MR) is 96.6 cm³/mol. The lowest BCUT2D eigenvalue weighted by molar-refractivity contribution is 1.60. The molecule has 2 aromatic carbocycles. The van der Waals surface area contributed by atoms with E-state index in [1.807, 2.05) is 72.8 Å². The van der Waals surface area contributed by atoms with Gasteiger partial charge in [-0.1, -0.05) is 98.6 Å². The van der Waals surface area contributed by atoms with Crippen LogP contribution >= 0.6 is 0 Å². The first-order chi connectivity index (χ1) is 10.3. The molecule has 1 heteroatoms. The molecule has 0 bridgehead atoms. The van der Waals surface area contributed by atoms with Gasteiger partial charge in [0.15, 0.2) is 0 Å². The predicted octanol–water partition coefficient (Wildman–Crippen LogP) is 5.30. The Balaban J connectivity index is 0.000000308. The van der Waals surface area contributed by atoms with Crippen LogP contribution in [-0.2, 0) is 0 Å². The van der Waals surface area contributed by atoms with Gasteiger partial charge in [-0.3, -0.25) is 0 Å². The quantitative estimate of drug-likeness (QED) is 0.756. The van der Waals surface area contributed by atoms with E-state index >= 15 is 0 Å². The van der Waals surface area contributed by atoms with Gasteiger partial charge in [0.25, 0.3) is 0 Å². The molecule has 0 aliphatic carbocycles. The van der Waals surface area contributed by atoms with Crippen molar-refractivity contribution in [2.45, 2.75) is 0 Å². The Labute approximate surface area is 128 Å². The van der Waals surface area contributed by atoms with Crippen LogP contribution in [0.4, 0.5) is 0 Å². The molecule has 0 aromatic heterocycles. The summed E-state index contributed by atoms with van der Waals surface area (Å²) in [7, 11) is 0. The van der Waals surface area contributed by atoms with E-state index in [0.29, 0.717) is 0 Å². The van der Waals surface area contributed by atoms with E-state index in [-0.39, 0.29) is 0 Å². The highest BCUT2D eigenvalue weighted by Crippen LogP contribution is 1.98. The minimum Gasteiger partial charge on any atom is -0.405 e. The van der Waals surface area contributed by atoms with E-state index in [9.17, 15) is 0 Å². The van der Waals surface area contributed by atoms with E-state index in [1.165, 1.54) is 11.8 Å². The van der Waals surface area contributed by atoms with E-state index in [1.54, 1.807) is 12.2 Å². The molecule has 0 saturated heterocycles. The molecule has 0 atom stereocenters. The topological polar surface area (TPSA) is 26.0 Å². The second-order valence-electron chi connectivity index (χ2n) is 3.86. The van der Waals surface area contributed by atoms with Gasteiger partial charge in [0.2, 0.25) is 0 Å². The third kappa shape index (κ3) is 10.8. The molecule has 2 rings (SSSR count). The summed E-state index contributed by atoms with van der Waals surface area (Å²) in [4.78, 5) is 0. The summed E-state index contributed by atoms with van der Waals surface area (Å²) in [5, 5.41) is 0. The Morgan fingerprint density at radius 1 is 0.667 bits per heavy atom. The zero-order chi connectivity index (χ0) is 15.8. The molecule has 0 spiro atoms. The lowest BCUT2D eigenvalue weighted by Gasteiger charge is -1.86. The molecule has 108 valence electrons. The van der Waals surface area contributed by atoms with Gasteiger partial charge < -0.3 is 5.73 Å². The third-order valence-electron chi connectivity index (χ3n) is 2.29. The zero-order valence-electron chi connectivity index (χ0n) is 12.4. The Morgan fingerprint density at radius 2 is 1.10 bits per heavy atom. The van der Waals surface area contributed by atoms with Gasteiger partial charge in [-0.2, -0.15) is 0 Å². The summed E-state index contributed by atoms with van der Waals surface area (Å²) in [6.45, 7) is 10.4. The summed E-state index contributed by atoms with van der Waals surface area (Å²) in [5.41, 5.74) is 7.49. The highest BCUT2D eigenvalue weighted by Gasteiger charge is 1.78. The van der Waals surface area contributed by atoms with Crippen molar-refractivity contribution in [1.29, 1.82) is 0 Å². The first-order valence-corrected chi connectivity index (χ1v) is 6.62. The van der Waals surface area contributed by atoms with Gasteiger partial charge in [0, 0.05) is 0 Å².